The fourth-order valence-corrected chi connectivity index (χ4v) is 1.99. The Kier molecular flexibility index (Phi) is 8.20. The number of ether oxygens (including phenoxy) is 1. The van der Waals surface area contributed by atoms with Crippen LogP contribution >= 0.6 is 0 Å². The molecule has 0 spiro atoms. The minimum absolute atomic E-state index is 0.0897. The molecule has 156 valence electrons. The molecular weight excluding hydrogens is 383 g/mol. The molecule has 0 aromatic heterocycles. The van der Waals surface area contributed by atoms with Crippen molar-refractivity contribution >= 4 is 23.3 Å². The Bertz CT molecular complexity index is 722. The van der Waals surface area contributed by atoms with E-state index in [0.717, 1.165) is 6.07 Å². The average molecular weight is 405 g/mol. The molecule has 0 radical (unpaired) electrons. The van der Waals surface area contributed by atoms with Crippen molar-refractivity contribution < 1.29 is 32.4 Å². The summed E-state index contributed by atoms with van der Waals surface area (Å²) in [6.07, 6.45) is -4.94. The first-order chi connectivity index (χ1) is 12.9. The van der Waals surface area contributed by atoms with Crippen molar-refractivity contribution in [2.75, 3.05) is 18.5 Å². The highest BCUT2D eigenvalue weighted by Crippen LogP contribution is 2.34. The summed E-state index contributed by atoms with van der Waals surface area (Å²) in [6, 6.07) is 1.95. The SMILES string of the molecule is CC(C)[C@H](C)NC(=O)COC(=O)CCNc1ccc(C(F)(F)F)cc1[N+](=O)[O-]. The van der Waals surface area contributed by atoms with Crippen LogP contribution in [0.2, 0.25) is 0 Å². The second-order valence-electron chi connectivity index (χ2n) is 6.42. The van der Waals surface area contributed by atoms with Gasteiger partial charge in [-0.15, -0.1) is 0 Å². The number of hydrogen-bond donors (Lipinski definition) is 2. The monoisotopic (exact) mass is 405 g/mol. The van der Waals surface area contributed by atoms with Crippen molar-refractivity contribution in [3.05, 3.63) is 33.9 Å². The van der Waals surface area contributed by atoms with Gasteiger partial charge in [-0.25, -0.2) is 0 Å². The highest BCUT2D eigenvalue weighted by Gasteiger charge is 2.33. The van der Waals surface area contributed by atoms with E-state index >= 15 is 0 Å². The Hall–Kier alpha value is -2.85. The lowest BCUT2D eigenvalue weighted by atomic mass is 10.1. The second-order valence-corrected chi connectivity index (χ2v) is 6.42. The molecule has 0 aliphatic rings. The van der Waals surface area contributed by atoms with Crippen molar-refractivity contribution in [1.82, 2.24) is 5.32 Å². The molecule has 1 aromatic rings. The maximum atomic E-state index is 12.7. The quantitative estimate of drug-likeness (QED) is 0.371. The summed E-state index contributed by atoms with van der Waals surface area (Å²) in [5.74, 6) is -0.973. The van der Waals surface area contributed by atoms with E-state index in [-0.39, 0.29) is 30.6 Å². The number of nitrogens with zero attached hydrogens (tertiary/aromatic N) is 1. The van der Waals surface area contributed by atoms with Gasteiger partial charge in [-0.3, -0.25) is 19.7 Å². The van der Waals surface area contributed by atoms with E-state index in [1.807, 2.05) is 20.8 Å². The molecule has 0 bridgehead atoms. The number of carbonyl (C=O) groups is 2. The topological polar surface area (TPSA) is 111 Å². The fraction of sp³-hybridized carbons (Fsp3) is 0.529. The van der Waals surface area contributed by atoms with Gasteiger partial charge in [0.2, 0.25) is 0 Å². The lowest BCUT2D eigenvalue weighted by molar-refractivity contribution is -0.384. The number of nitro groups is 1. The first kappa shape index (κ1) is 23.2. The van der Waals surface area contributed by atoms with E-state index in [2.05, 4.69) is 10.6 Å². The maximum absolute atomic E-state index is 12.7. The van der Waals surface area contributed by atoms with Gasteiger partial charge in [0.05, 0.1) is 16.9 Å². The number of nitrogens with one attached hydrogen (secondary N) is 2. The third kappa shape index (κ3) is 7.41. The zero-order chi connectivity index (χ0) is 21.5. The molecule has 0 heterocycles. The van der Waals surface area contributed by atoms with Gasteiger partial charge in [-0.2, -0.15) is 13.2 Å². The fourth-order valence-electron chi connectivity index (χ4n) is 1.99. The smallest absolute Gasteiger partial charge is 0.416 e. The number of alkyl halides is 3. The van der Waals surface area contributed by atoms with Crippen molar-refractivity contribution in [3.63, 3.8) is 0 Å². The van der Waals surface area contributed by atoms with Gasteiger partial charge in [0.1, 0.15) is 5.69 Å². The van der Waals surface area contributed by atoms with Crippen LogP contribution in [-0.2, 0) is 20.5 Å². The molecule has 8 nitrogen and oxygen atoms in total. The number of carbonyl (C=O) groups excluding carboxylic acids is 2. The summed E-state index contributed by atoms with van der Waals surface area (Å²) in [7, 11) is 0. The van der Waals surface area contributed by atoms with E-state index in [1.165, 1.54) is 0 Å². The van der Waals surface area contributed by atoms with E-state index in [4.69, 9.17) is 4.74 Å². The van der Waals surface area contributed by atoms with Gasteiger partial charge in [0.25, 0.3) is 11.6 Å². The van der Waals surface area contributed by atoms with Crippen LogP contribution in [0.4, 0.5) is 24.5 Å². The molecule has 0 aliphatic heterocycles. The Balaban J connectivity index is 2.53. The molecule has 0 saturated heterocycles. The van der Waals surface area contributed by atoms with E-state index in [0.29, 0.717) is 12.1 Å². The van der Waals surface area contributed by atoms with Gasteiger partial charge in [0.15, 0.2) is 6.61 Å². The highest BCUT2D eigenvalue weighted by molar-refractivity contribution is 5.80. The summed E-state index contributed by atoms with van der Waals surface area (Å²) in [5.41, 5.74) is -2.06. The normalized spacial score (nSPS) is 12.4. The summed E-state index contributed by atoms with van der Waals surface area (Å²) in [6.45, 7) is 5.07. The lowest BCUT2D eigenvalue weighted by Crippen LogP contribution is -2.38. The van der Waals surface area contributed by atoms with Crippen LogP contribution in [0.1, 0.15) is 32.8 Å². The first-order valence-electron chi connectivity index (χ1n) is 8.46. The van der Waals surface area contributed by atoms with Crippen LogP contribution in [0.25, 0.3) is 0 Å². The molecular formula is C17H22F3N3O5. The predicted octanol–water partition coefficient (Wildman–Crippen LogP) is 3.12. The van der Waals surface area contributed by atoms with Crippen LogP contribution in [0.3, 0.4) is 0 Å². The average Bonchev–Trinajstić information content (AvgIpc) is 2.58. The van der Waals surface area contributed by atoms with Crippen LogP contribution < -0.4 is 10.6 Å². The van der Waals surface area contributed by atoms with Gasteiger partial charge >= 0.3 is 12.1 Å². The van der Waals surface area contributed by atoms with Crippen LogP contribution in [-0.4, -0.2) is 36.0 Å². The molecule has 1 atom stereocenters. The molecule has 0 aliphatic carbocycles. The molecule has 0 saturated carbocycles. The zero-order valence-corrected chi connectivity index (χ0v) is 15.6. The number of nitro benzene ring substituents is 1. The Morgan fingerprint density at radius 1 is 1.25 bits per heavy atom. The summed E-state index contributed by atoms with van der Waals surface area (Å²) in [4.78, 5) is 33.3. The predicted molar refractivity (Wildman–Crippen MR) is 94.6 cm³/mol. The summed E-state index contributed by atoms with van der Waals surface area (Å²) >= 11 is 0. The molecule has 0 fully saturated rings. The number of hydrogen-bond acceptors (Lipinski definition) is 6. The Morgan fingerprint density at radius 2 is 1.89 bits per heavy atom. The number of anilines is 1. The number of halogens is 3. The Morgan fingerprint density at radius 3 is 2.43 bits per heavy atom. The van der Waals surface area contributed by atoms with Gasteiger partial charge < -0.3 is 15.4 Å². The zero-order valence-electron chi connectivity index (χ0n) is 15.6. The number of amides is 1. The number of esters is 1. The molecule has 11 heteroatoms. The van der Waals surface area contributed by atoms with E-state index < -0.39 is 40.8 Å². The highest BCUT2D eigenvalue weighted by atomic mass is 19.4. The van der Waals surface area contributed by atoms with E-state index in [9.17, 15) is 32.9 Å². The van der Waals surface area contributed by atoms with Crippen LogP contribution in [0.5, 0.6) is 0 Å². The van der Waals surface area contributed by atoms with Gasteiger partial charge in [-0.1, -0.05) is 13.8 Å². The maximum Gasteiger partial charge on any atom is 0.416 e. The molecule has 0 unspecified atom stereocenters. The first-order valence-corrected chi connectivity index (χ1v) is 8.46. The molecule has 1 aromatic carbocycles. The van der Waals surface area contributed by atoms with Crippen LogP contribution in [0, 0.1) is 16.0 Å². The van der Waals surface area contributed by atoms with Gasteiger partial charge in [0, 0.05) is 18.7 Å². The summed E-state index contributed by atoms with van der Waals surface area (Å²) < 4.78 is 42.8. The van der Waals surface area contributed by atoms with Crippen LogP contribution in [0.15, 0.2) is 18.2 Å². The molecule has 28 heavy (non-hydrogen) atoms. The minimum atomic E-state index is -4.71. The molecule has 1 rings (SSSR count). The molecule has 2 N–H and O–H groups in total. The van der Waals surface area contributed by atoms with Crippen molar-refractivity contribution in [1.29, 1.82) is 0 Å². The van der Waals surface area contributed by atoms with Crippen molar-refractivity contribution in [2.24, 2.45) is 5.92 Å². The lowest BCUT2D eigenvalue weighted by Gasteiger charge is -2.17. The standard InChI is InChI=1S/C17H22F3N3O5/c1-10(2)11(3)22-15(24)9-28-16(25)6-7-21-13-5-4-12(17(18,19)20)8-14(13)23(26)27/h4-5,8,10-11,21H,6-7,9H2,1-3H3,(H,22,24)/t11-/m0/s1. The molecule has 1 amide bonds. The third-order valence-electron chi connectivity index (χ3n) is 3.92. The second kappa shape index (κ2) is 9.90. The van der Waals surface area contributed by atoms with Crippen molar-refractivity contribution in [3.8, 4) is 0 Å². The van der Waals surface area contributed by atoms with Crippen molar-refractivity contribution in [2.45, 2.75) is 39.4 Å². The summed E-state index contributed by atoms with van der Waals surface area (Å²) in [5, 5.41) is 16.2. The van der Waals surface area contributed by atoms with Gasteiger partial charge in [-0.05, 0) is 25.0 Å². The number of rotatable bonds is 9. The minimum Gasteiger partial charge on any atom is -0.456 e. The number of benzene rings is 1. The van der Waals surface area contributed by atoms with E-state index in [1.54, 1.807) is 0 Å². The third-order valence-corrected chi connectivity index (χ3v) is 3.92. The Labute approximate surface area is 159 Å². The largest absolute Gasteiger partial charge is 0.456 e.